The average Bonchev–Trinajstić information content (AvgIpc) is 3.02. The van der Waals surface area contributed by atoms with Crippen LogP contribution in [-0.2, 0) is 18.5 Å². The van der Waals surface area contributed by atoms with Gasteiger partial charge in [0.15, 0.2) is 11.5 Å². The molecule has 0 fully saturated rings. The maximum atomic E-state index is 10.1. The minimum Gasteiger partial charge on any atom is -0.490 e. The Hall–Kier alpha value is -2.04. The lowest BCUT2D eigenvalue weighted by Crippen LogP contribution is -2.43. The van der Waals surface area contributed by atoms with E-state index < -0.39 is 0 Å². The van der Waals surface area contributed by atoms with Gasteiger partial charge in [-0.25, -0.2) is 0 Å². The van der Waals surface area contributed by atoms with E-state index in [-0.39, 0.29) is 12.1 Å². The van der Waals surface area contributed by atoms with Crippen LogP contribution in [0.2, 0.25) is 0 Å². The van der Waals surface area contributed by atoms with E-state index in [9.17, 15) is 5.11 Å². The molecule has 1 unspecified atom stereocenters. The van der Waals surface area contributed by atoms with Gasteiger partial charge in [-0.2, -0.15) is 0 Å². The molecule has 25 heavy (non-hydrogen) atoms. The molecule has 0 aromatic heterocycles. The molecule has 0 bridgehead atoms. The second kappa shape index (κ2) is 7.89. The van der Waals surface area contributed by atoms with Gasteiger partial charge in [0.1, 0.15) is 0 Å². The molecule has 3 rings (SSSR count). The molecule has 1 aliphatic rings. The number of hydrogen-bond donors (Lipinski definition) is 2. The predicted octanol–water partition coefficient (Wildman–Crippen LogP) is 3.41. The Morgan fingerprint density at radius 2 is 1.80 bits per heavy atom. The van der Waals surface area contributed by atoms with Crippen LogP contribution in [0.15, 0.2) is 42.5 Å². The first-order valence-electron chi connectivity index (χ1n) is 9.05. The van der Waals surface area contributed by atoms with E-state index >= 15 is 0 Å². The van der Waals surface area contributed by atoms with Crippen molar-refractivity contribution in [2.24, 2.45) is 0 Å². The number of aliphatic hydroxyl groups is 1. The molecule has 4 heteroatoms. The Morgan fingerprint density at radius 3 is 2.56 bits per heavy atom. The van der Waals surface area contributed by atoms with Crippen LogP contribution in [0.1, 0.15) is 37.0 Å². The number of nitrogens with one attached hydrogen (secondary N) is 1. The van der Waals surface area contributed by atoms with Crippen molar-refractivity contribution in [1.29, 1.82) is 0 Å². The summed E-state index contributed by atoms with van der Waals surface area (Å²) in [4.78, 5) is 0. The van der Waals surface area contributed by atoms with Gasteiger partial charge in [0.2, 0.25) is 0 Å². The number of aliphatic hydroxyl groups excluding tert-OH is 1. The Balaban J connectivity index is 1.78. The predicted molar refractivity (Wildman–Crippen MR) is 99.1 cm³/mol. The Labute approximate surface area is 149 Å². The number of fused-ring (bicyclic) bond motifs is 1. The van der Waals surface area contributed by atoms with Gasteiger partial charge in [-0.15, -0.1) is 0 Å². The first-order chi connectivity index (χ1) is 12.2. The molecular formula is C21H27NO3. The number of benzene rings is 2. The van der Waals surface area contributed by atoms with Gasteiger partial charge in [-0.1, -0.05) is 30.3 Å². The van der Waals surface area contributed by atoms with E-state index in [1.807, 2.05) is 38.1 Å². The first-order valence-corrected chi connectivity index (χ1v) is 9.05. The fourth-order valence-corrected chi connectivity index (χ4v) is 3.57. The Morgan fingerprint density at radius 1 is 1.04 bits per heavy atom. The molecule has 2 aromatic rings. The number of aryl methyl sites for hydroxylation is 1. The second-order valence-corrected chi connectivity index (χ2v) is 6.40. The van der Waals surface area contributed by atoms with Crippen LogP contribution in [0, 0.1) is 0 Å². The first kappa shape index (κ1) is 17.8. The molecule has 0 saturated heterocycles. The number of rotatable bonds is 8. The summed E-state index contributed by atoms with van der Waals surface area (Å²) in [5.74, 6) is 1.55. The van der Waals surface area contributed by atoms with Crippen LogP contribution >= 0.6 is 0 Å². The van der Waals surface area contributed by atoms with Gasteiger partial charge in [0.25, 0.3) is 0 Å². The number of hydrogen-bond acceptors (Lipinski definition) is 4. The van der Waals surface area contributed by atoms with Crippen LogP contribution in [0.3, 0.4) is 0 Å². The fourth-order valence-electron chi connectivity index (χ4n) is 3.57. The molecule has 0 aliphatic heterocycles. The third-order valence-electron chi connectivity index (χ3n) is 4.86. The maximum Gasteiger partial charge on any atom is 0.161 e. The van der Waals surface area contributed by atoms with Crippen molar-refractivity contribution in [3.63, 3.8) is 0 Å². The van der Waals surface area contributed by atoms with Gasteiger partial charge in [-0.05, 0) is 55.5 Å². The van der Waals surface area contributed by atoms with Gasteiger partial charge in [0.05, 0.1) is 25.4 Å². The largest absolute Gasteiger partial charge is 0.490 e. The molecule has 0 radical (unpaired) electrons. The molecule has 1 atom stereocenters. The summed E-state index contributed by atoms with van der Waals surface area (Å²) >= 11 is 0. The normalized spacial score (nSPS) is 18.8. The summed E-state index contributed by atoms with van der Waals surface area (Å²) in [6.45, 7) is 5.92. The third kappa shape index (κ3) is 3.65. The van der Waals surface area contributed by atoms with Crippen molar-refractivity contribution in [1.82, 2.24) is 5.32 Å². The van der Waals surface area contributed by atoms with Crippen molar-refractivity contribution in [2.75, 3.05) is 19.8 Å². The Bertz CT molecular complexity index is 716. The maximum absolute atomic E-state index is 10.1. The zero-order valence-electron chi connectivity index (χ0n) is 15.0. The zero-order chi connectivity index (χ0) is 17.7. The quantitative estimate of drug-likeness (QED) is 0.773. The molecule has 1 aliphatic carbocycles. The van der Waals surface area contributed by atoms with Crippen LogP contribution in [0.5, 0.6) is 11.5 Å². The zero-order valence-corrected chi connectivity index (χ0v) is 15.0. The van der Waals surface area contributed by atoms with Gasteiger partial charge in [-0.3, -0.25) is 0 Å². The van der Waals surface area contributed by atoms with Gasteiger partial charge < -0.3 is 19.9 Å². The second-order valence-electron chi connectivity index (χ2n) is 6.40. The highest BCUT2D eigenvalue weighted by Gasteiger charge is 2.37. The van der Waals surface area contributed by atoms with E-state index in [0.717, 1.165) is 29.9 Å². The van der Waals surface area contributed by atoms with Gasteiger partial charge in [0, 0.05) is 6.54 Å². The SMILES string of the molecule is CCOc1ccc(CNC2(CO)CCc3ccccc32)cc1OCC. The molecule has 134 valence electrons. The standard InChI is InChI=1S/C21H27NO3/c1-3-24-19-10-9-16(13-20(19)25-4-2)14-22-21(15-23)12-11-17-7-5-6-8-18(17)21/h5-10,13,22-23H,3-4,11-12,14-15H2,1-2H3. The van der Waals surface area contributed by atoms with E-state index in [1.54, 1.807) is 0 Å². The summed E-state index contributed by atoms with van der Waals surface area (Å²) < 4.78 is 11.3. The van der Waals surface area contributed by atoms with E-state index in [2.05, 4.69) is 23.5 Å². The van der Waals surface area contributed by atoms with Gasteiger partial charge >= 0.3 is 0 Å². The van der Waals surface area contributed by atoms with Crippen LogP contribution < -0.4 is 14.8 Å². The monoisotopic (exact) mass is 341 g/mol. The molecule has 0 saturated carbocycles. The lowest BCUT2D eigenvalue weighted by Gasteiger charge is -2.30. The van der Waals surface area contributed by atoms with Crippen molar-refractivity contribution in [3.8, 4) is 11.5 Å². The van der Waals surface area contributed by atoms with E-state index in [4.69, 9.17) is 9.47 Å². The summed E-state index contributed by atoms with van der Waals surface area (Å²) in [5, 5.41) is 13.7. The molecular weight excluding hydrogens is 314 g/mol. The van der Waals surface area contributed by atoms with Crippen molar-refractivity contribution < 1.29 is 14.6 Å². The molecule has 4 nitrogen and oxygen atoms in total. The highest BCUT2D eigenvalue weighted by Crippen LogP contribution is 2.37. The highest BCUT2D eigenvalue weighted by molar-refractivity contribution is 5.43. The molecule has 2 aromatic carbocycles. The molecule has 2 N–H and O–H groups in total. The fraction of sp³-hybridized carbons (Fsp3) is 0.429. The van der Waals surface area contributed by atoms with Crippen LogP contribution in [0.25, 0.3) is 0 Å². The lowest BCUT2D eigenvalue weighted by molar-refractivity contribution is 0.159. The average molecular weight is 341 g/mol. The minimum atomic E-state index is -0.360. The van der Waals surface area contributed by atoms with Crippen molar-refractivity contribution in [3.05, 3.63) is 59.2 Å². The molecule has 0 heterocycles. The summed E-state index contributed by atoms with van der Waals surface area (Å²) in [6, 6.07) is 14.4. The lowest BCUT2D eigenvalue weighted by atomic mass is 9.92. The van der Waals surface area contributed by atoms with Crippen molar-refractivity contribution >= 4 is 0 Å². The smallest absolute Gasteiger partial charge is 0.161 e. The molecule has 0 amide bonds. The van der Waals surface area contributed by atoms with Crippen molar-refractivity contribution in [2.45, 2.75) is 38.8 Å². The topological polar surface area (TPSA) is 50.7 Å². The van der Waals surface area contributed by atoms with E-state index in [1.165, 1.54) is 11.1 Å². The molecule has 0 spiro atoms. The number of ether oxygens (including phenoxy) is 2. The van der Waals surface area contributed by atoms with Crippen LogP contribution in [-0.4, -0.2) is 24.9 Å². The highest BCUT2D eigenvalue weighted by atomic mass is 16.5. The third-order valence-corrected chi connectivity index (χ3v) is 4.86. The summed E-state index contributed by atoms with van der Waals surface area (Å²) in [7, 11) is 0. The summed E-state index contributed by atoms with van der Waals surface area (Å²) in [5.41, 5.74) is 3.30. The Kier molecular flexibility index (Phi) is 5.61. The van der Waals surface area contributed by atoms with E-state index in [0.29, 0.717) is 19.8 Å². The minimum absolute atomic E-state index is 0.0966. The van der Waals surface area contributed by atoms with Crippen LogP contribution in [0.4, 0.5) is 0 Å². The summed E-state index contributed by atoms with van der Waals surface area (Å²) in [6.07, 6.45) is 1.91.